The van der Waals surface area contributed by atoms with Gasteiger partial charge >= 0.3 is 6.18 Å². The molecule has 1 rings (SSSR count). The van der Waals surface area contributed by atoms with Crippen molar-refractivity contribution in [2.75, 3.05) is 39.3 Å². The van der Waals surface area contributed by atoms with Crippen molar-refractivity contribution in [2.24, 2.45) is 0 Å². The summed E-state index contributed by atoms with van der Waals surface area (Å²) >= 11 is 0. The summed E-state index contributed by atoms with van der Waals surface area (Å²) in [5.41, 5.74) is 0.168. The second-order valence-corrected chi connectivity index (χ2v) is 4.29. The molecule has 0 spiro atoms. The van der Waals surface area contributed by atoms with Crippen LogP contribution in [0.4, 0.5) is 18.9 Å². The summed E-state index contributed by atoms with van der Waals surface area (Å²) in [6.07, 6.45) is -4.36. The van der Waals surface area contributed by atoms with E-state index in [2.05, 4.69) is 5.32 Å². The third-order valence-electron chi connectivity index (χ3n) is 2.79. The van der Waals surface area contributed by atoms with E-state index in [0.717, 1.165) is 0 Å². The van der Waals surface area contributed by atoms with Gasteiger partial charge in [-0.15, -0.1) is 0 Å². The highest BCUT2D eigenvalue weighted by Gasteiger charge is 2.34. The number of methoxy groups -OCH3 is 1. The van der Waals surface area contributed by atoms with Gasteiger partial charge in [-0.25, -0.2) is 0 Å². The number of hydrogen-bond acceptors (Lipinski definition) is 3. The van der Waals surface area contributed by atoms with Crippen molar-refractivity contribution in [1.29, 1.82) is 0 Å². The molecule has 0 saturated carbocycles. The Kier molecular flexibility index (Phi) is 5.62. The fourth-order valence-electron chi connectivity index (χ4n) is 1.81. The normalized spacial score (nSPS) is 11.7. The number of hydrogen-bond donors (Lipinski definition) is 1. The quantitative estimate of drug-likeness (QED) is 0.864. The molecule has 0 bridgehead atoms. The Morgan fingerprint density at radius 1 is 1.32 bits per heavy atom. The standard InChI is InChI=1S/C13H19F3N2O/c1-17-9-10-4-5-12(18(2)6-7-19-3)11(8-10)13(14,15)16/h4-5,8,17H,6-7,9H2,1-3H3. The molecule has 0 radical (unpaired) electrons. The van der Waals surface area contributed by atoms with Crippen LogP contribution in [-0.2, 0) is 17.5 Å². The van der Waals surface area contributed by atoms with E-state index in [1.165, 1.54) is 19.2 Å². The van der Waals surface area contributed by atoms with Gasteiger partial charge in [-0.1, -0.05) is 6.07 Å². The van der Waals surface area contributed by atoms with Crippen LogP contribution >= 0.6 is 0 Å². The monoisotopic (exact) mass is 276 g/mol. The highest BCUT2D eigenvalue weighted by molar-refractivity contribution is 5.56. The summed E-state index contributed by atoms with van der Waals surface area (Å²) < 4.78 is 44.1. The lowest BCUT2D eigenvalue weighted by Gasteiger charge is -2.24. The number of ether oxygens (including phenoxy) is 1. The molecule has 0 aliphatic heterocycles. The van der Waals surface area contributed by atoms with E-state index in [-0.39, 0.29) is 5.69 Å². The molecule has 0 heterocycles. The lowest BCUT2D eigenvalue weighted by atomic mass is 10.1. The van der Waals surface area contributed by atoms with Gasteiger partial charge < -0.3 is 15.0 Å². The molecule has 0 aromatic heterocycles. The molecule has 0 atom stereocenters. The summed E-state index contributed by atoms with van der Waals surface area (Å²) in [4.78, 5) is 1.55. The fraction of sp³-hybridized carbons (Fsp3) is 0.538. The summed E-state index contributed by atoms with van der Waals surface area (Å²) in [7, 11) is 4.85. The lowest BCUT2D eigenvalue weighted by molar-refractivity contribution is -0.137. The predicted octanol–water partition coefficient (Wildman–Crippen LogP) is 2.51. The van der Waals surface area contributed by atoms with E-state index >= 15 is 0 Å². The molecular formula is C13H19F3N2O. The fourth-order valence-corrected chi connectivity index (χ4v) is 1.81. The van der Waals surface area contributed by atoms with Gasteiger partial charge in [0.1, 0.15) is 0 Å². The van der Waals surface area contributed by atoms with Crippen LogP contribution in [0.25, 0.3) is 0 Å². The summed E-state index contributed by atoms with van der Waals surface area (Å²) in [5.74, 6) is 0. The SMILES string of the molecule is CNCc1ccc(N(C)CCOC)c(C(F)(F)F)c1. The molecule has 0 aliphatic rings. The van der Waals surface area contributed by atoms with Crippen molar-refractivity contribution in [3.05, 3.63) is 29.3 Å². The van der Waals surface area contributed by atoms with Crippen LogP contribution in [-0.4, -0.2) is 34.4 Å². The van der Waals surface area contributed by atoms with Gasteiger partial charge in [-0.3, -0.25) is 0 Å². The number of anilines is 1. The minimum absolute atomic E-state index is 0.171. The van der Waals surface area contributed by atoms with E-state index in [1.807, 2.05) is 0 Å². The van der Waals surface area contributed by atoms with Gasteiger partial charge in [0, 0.05) is 32.9 Å². The van der Waals surface area contributed by atoms with Gasteiger partial charge in [0.05, 0.1) is 12.2 Å². The zero-order chi connectivity index (χ0) is 14.5. The van der Waals surface area contributed by atoms with E-state index in [4.69, 9.17) is 4.74 Å². The molecule has 1 aromatic carbocycles. The number of nitrogens with zero attached hydrogens (tertiary/aromatic N) is 1. The Morgan fingerprint density at radius 3 is 2.53 bits per heavy atom. The second kappa shape index (κ2) is 6.77. The highest BCUT2D eigenvalue weighted by Crippen LogP contribution is 2.36. The number of alkyl halides is 3. The van der Waals surface area contributed by atoms with Crippen molar-refractivity contribution < 1.29 is 17.9 Å². The number of rotatable bonds is 6. The van der Waals surface area contributed by atoms with Crippen molar-refractivity contribution >= 4 is 5.69 Å². The number of benzene rings is 1. The van der Waals surface area contributed by atoms with Crippen LogP contribution in [0.15, 0.2) is 18.2 Å². The van der Waals surface area contributed by atoms with Crippen molar-refractivity contribution in [2.45, 2.75) is 12.7 Å². The van der Waals surface area contributed by atoms with E-state index < -0.39 is 11.7 Å². The van der Waals surface area contributed by atoms with Crippen LogP contribution in [0.5, 0.6) is 0 Å². The molecule has 3 nitrogen and oxygen atoms in total. The lowest BCUT2D eigenvalue weighted by Crippen LogP contribution is -2.25. The molecule has 0 saturated heterocycles. The number of halogens is 3. The van der Waals surface area contributed by atoms with Crippen LogP contribution in [0.2, 0.25) is 0 Å². The molecule has 6 heteroatoms. The average molecular weight is 276 g/mol. The molecule has 0 unspecified atom stereocenters. The Hall–Kier alpha value is -1.27. The minimum atomic E-state index is -4.36. The van der Waals surface area contributed by atoms with Crippen LogP contribution in [0.3, 0.4) is 0 Å². The van der Waals surface area contributed by atoms with Crippen molar-refractivity contribution in [3.8, 4) is 0 Å². The molecule has 1 N–H and O–H groups in total. The molecular weight excluding hydrogens is 257 g/mol. The molecule has 0 aliphatic carbocycles. The van der Waals surface area contributed by atoms with E-state index in [9.17, 15) is 13.2 Å². The number of likely N-dealkylation sites (N-methyl/N-ethyl adjacent to an activating group) is 1. The van der Waals surface area contributed by atoms with Gasteiger partial charge in [-0.05, 0) is 24.7 Å². The third kappa shape index (κ3) is 4.40. The smallest absolute Gasteiger partial charge is 0.383 e. The van der Waals surface area contributed by atoms with Crippen LogP contribution in [0.1, 0.15) is 11.1 Å². The first-order chi connectivity index (χ1) is 8.90. The minimum Gasteiger partial charge on any atom is -0.383 e. The first-order valence-corrected chi connectivity index (χ1v) is 5.95. The summed E-state index contributed by atoms with van der Waals surface area (Å²) in [6.45, 7) is 1.20. The van der Waals surface area contributed by atoms with Crippen molar-refractivity contribution in [1.82, 2.24) is 5.32 Å². The summed E-state index contributed by atoms with van der Waals surface area (Å²) in [5, 5.41) is 2.84. The maximum atomic E-state index is 13.1. The Bertz CT molecular complexity index is 407. The zero-order valence-corrected chi connectivity index (χ0v) is 11.3. The maximum Gasteiger partial charge on any atom is 0.418 e. The van der Waals surface area contributed by atoms with Gasteiger partial charge in [0.25, 0.3) is 0 Å². The molecule has 0 fully saturated rings. The molecule has 19 heavy (non-hydrogen) atoms. The first-order valence-electron chi connectivity index (χ1n) is 5.95. The Labute approximate surface area is 111 Å². The summed E-state index contributed by atoms with van der Waals surface area (Å²) in [6, 6.07) is 4.39. The predicted molar refractivity (Wildman–Crippen MR) is 69.4 cm³/mol. The first kappa shape index (κ1) is 15.8. The maximum absolute atomic E-state index is 13.1. The second-order valence-electron chi connectivity index (χ2n) is 4.29. The largest absolute Gasteiger partial charge is 0.418 e. The van der Waals surface area contributed by atoms with Crippen LogP contribution in [0, 0.1) is 0 Å². The topological polar surface area (TPSA) is 24.5 Å². The third-order valence-corrected chi connectivity index (χ3v) is 2.79. The number of nitrogens with one attached hydrogen (secondary N) is 1. The molecule has 1 aromatic rings. The molecule has 0 amide bonds. The average Bonchev–Trinajstić information content (AvgIpc) is 2.35. The van der Waals surface area contributed by atoms with E-state index in [1.54, 1.807) is 25.1 Å². The highest BCUT2D eigenvalue weighted by atomic mass is 19.4. The van der Waals surface area contributed by atoms with Crippen LogP contribution < -0.4 is 10.2 Å². The Balaban J connectivity index is 3.08. The van der Waals surface area contributed by atoms with Gasteiger partial charge in [0.15, 0.2) is 0 Å². The molecule has 108 valence electrons. The van der Waals surface area contributed by atoms with Gasteiger partial charge in [0.2, 0.25) is 0 Å². The Morgan fingerprint density at radius 2 is 2.00 bits per heavy atom. The zero-order valence-electron chi connectivity index (χ0n) is 11.3. The van der Waals surface area contributed by atoms with Crippen molar-refractivity contribution in [3.63, 3.8) is 0 Å². The van der Waals surface area contributed by atoms with Gasteiger partial charge in [-0.2, -0.15) is 13.2 Å². The van der Waals surface area contributed by atoms with E-state index in [0.29, 0.717) is 25.3 Å².